The Hall–Kier alpha value is -2.56. The van der Waals surface area contributed by atoms with Crippen molar-refractivity contribution in [2.45, 2.75) is 13.3 Å². The number of carbonyl (C=O) groups is 1. The molecule has 110 valence electrons. The first-order chi connectivity index (χ1) is 10.2. The van der Waals surface area contributed by atoms with E-state index in [4.69, 9.17) is 4.74 Å². The molecule has 1 aromatic carbocycles. The molecule has 2 rings (SSSR count). The van der Waals surface area contributed by atoms with Crippen molar-refractivity contribution in [3.8, 4) is 5.75 Å². The van der Waals surface area contributed by atoms with Gasteiger partial charge in [-0.2, -0.15) is 0 Å². The summed E-state index contributed by atoms with van der Waals surface area (Å²) in [5.74, 6) is 0.524. The summed E-state index contributed by atoms with van der Waals surface area (Å²) in [6, 6.07) is 8.96. The maximum Gasteiger partial charge on any atom is 0.257 e. The Morgan fingerprint density at radius 1 is 1.33 bits per heavy atom. The van der Waals surface area contributed by atoms with Crippen molar-refractivity contribution < 1.29 is 9.53 Å². The highest BCUT2D eigenvalue weighted by Crippen LogP contribution is 2.19. The second kappa shape index (κ2) is 7.28. The third-order valence-electron chi connectivity index (χ3n) is 2.96. The van der Waals surface area contributed by atoms with Crippen LogP contribution in [0.15, 0.2) is 42.7 Å². The summed E-state index contributed by atoms with van der Waals surface area (Å²) in [5.41, 5.74) is 2.00. The van der Waals surface area contributed by atoms with Crippen LogP contribution in [0.2, 0.25) is 0 Å². The van der Waals surface area contributed by atoms with Crippen LogP contribution in [0.25, 0.3) is 0 Å². The van der Waals surface area contributed by atoms with Crippen LogP contribution in [-0.2, 0) is 0 Å². The third kappa shape index (κ3) is 3.95. The fourth-order valence-corrected chi connectivity index (χ4v) is 1.89. The van der Waals surface area contributed by atoms with Crippen molar-refractivity contribution in [3.63, 3.8) is 0 Å². The molecular weight excluding hydrogens is 266 g/mol. The van der Waals surface area contributed by atoms with E-state index in [1.807, 2.05) is 18.2 Å². The normalized spacial score (nSPS) is 10.0. The molecule has 0 aliphatic rings. The Labute approximate surface area is 124 Å². The quantitative estimate of drug-likeness (QED) is 0.855. The fraction of sp³-hybridized carbons (Fsp3) is 0.250. The molecule has 0 fully saturated rings. The first kappa shape index (κ1) is 14.8. The summed E-state index contributed by atoms with van der Waals surface area (Å²) in [4.78, 5) is 16.4. The number of ether oxygens (including phenoxy) is 1. The largest absolute Gasteiger partial charge is 0.497 e. The zero-order valence-corrected chi connectivity index (χ0v) is 12.2. The number of nitrogens with one attached hydrogen (secondary N) is 2. The zero-order chi connectivity index (χ0) is 15.1. The van der Waals surface area contributed by atoms with E-state index in [0.29, 0.717) is 17.0 Å². The van der Waals surface area contributed by atoms with Crippen LogP contribution in [-0.4, -0.2) is 24.5 Å². The number of nitrogens with zero attached hydrogens (tertiary/aromatic N) is 1. The molecule has 0 radical (unpaired) electrons. The Bertz CT molecular complexity index is 614. The van der Waals surface area contributed by atoms with Gasteiger partial charge in [0.2, 0.25) is 0 Å². The minimum Gasteiger partial charge on any atom is -0.497 e. The van der Waals surface area contributed by atoms with Crippen molar-refractivity contribution in [1.82, 2.24) is 4.98 Å². The Morgan fingerprint density at radius 3 is 2.95 bits per heavy atom. The van der Waals surface area contributed by atoms with E-state index in [1.165, 1.54) is 0 Å². The van der Waals surface area contributed by atoms with Gasteiger partial charge in [0.15, 0.2) is 0 Å². The van der Waals surface area contributed by atoms with Gasteiger partial charge in [0.25, 0.3) is 5.91 Å². The molecule has 0 bridgehead atoms. The maximum absolute atomic E-state index is 12.4. The van der Waals surface area contributed by atoms with Crippen LogP contribution in [0.4, 0.5) is 11.4 Å². The van der Waals surface area contributed by atoms with E-state index in [9.17, 15) is 4.79 Å². The Morgan fingerprint density at radius 2 is 2.19 bits per heavy atom. The van der Waals surface area contributed by atoms with Crippen molar-refractivity contribution in [3.05, 3.63) is 48.3 Å². The highest BCUT2D eigenvalue weighted by atomic mass is 16.5. The molecule has 0 saturated carbocycles. The highest BCUT2D eigenvalue weighted by Gasteiger charge is 2.11. The fourth-order valence-electron chi connectivity index (χ4n) is 1.89. The topological polar surface area (TPSA) is 63.2 Å². The molecule has 0 aliphatic heterocycles. The van der Waals surface area contributed by atoms with Gasteiger partial charge in [-0.15, -0.1) is 0 Å². The van der Waals surface area contributed by atoms with Gasteiger partial charge in [-0.3, -0.25) is 9.78 Å². The van der Waals surface area contributed by atoms with Gasteiger partial charge in [0.05, 0.1) is 24.6 Å². The van der Waals surface area contributed by atoms with Gasteiger partial charge in [0.1, 0.15) is 5.75 Å². The SMILES string of the molecule is CCCNc1cnccc1C(=O)Nc1cccc(OC)c1. The minimum atomic E-state index is -0.177. The summed E-state index contributed by atoms with van der Waals surface area (Å²) in [6.07, 6.45) is 4.25. The lowest BCUT2D eigenvalue weighted by atomic mass is 10.2. The van der Waals surface area contributed by atoms with Gasteiger partial charge in [-0.05, 0) is 24.6 Å². The van der Waals surface area contributed by atoms with Crippen molar-refractivity contribution in [2.24, 2.45) is 0 Å². The van der Waals surface area contributed by atoms with Crippen LogP contribution in [0.1, 0.15) is 23.7 Å². The number of hydrogen-bond donors (Lipinski definition) is 2. The summed E-state index contributed by atoms with van der Waals surface area (Å²) < 4.78 is 5.15. The number of amides is 1. The summed E-state index contributed by atoms with van der Waals surface area (Å²) in [5, 5.41) is 6.07. The molecule has 5 heteroatoms. The van der Waals surface area contributed by atoms with Gasteiger partial charge in [-0.1, -0.05) is 13.0 Å². The molecule has 0 atom stereocenters. The lowest BCUT2D eigenvalue weighted by Gasteiger charge is -2.11. The van der Waals surface area contributed by atoms with Gasteiger partial charge in [-0.25, -0.2) is 0 Å². The molecule has 1 aromatic heterocycles. The number of rotatable bonds is 6. The Kier molecular flexibility index (Phi) is 5.15. The zero-order valence-electron chi connectivity index (χ0n) is 12.2. The van der Waals surface area contributed by atoms with Crippen molar-refractivity contribution in [2.75, 3.05) is 24.3 Å². The number of benzene rings is 1. The first-order valence-electron chi connectivity index (χ1n) is 6.88. The molecule has 0 aliphatic carbocycles. The number of hydrogen-bond acceptors (Lipinski definition) is 4. The molecule has 1 amide bonds. The van der Waals surface area contributed by atoms with Crippen LogP contribution in [0.3, 0.4) is 0 Å². The predicted molar refractivity (Wildman–Crippen MR) is 84.0 cm³/mol. The number of pyridine rings is 1. The lowest BCUT2D eigenvalue weighted by molar-refractivity contribution is 0.102. The van der Waals surface area contributed by atoms with Crippen LogP contribution >= 0.6 is 0 Å². The van der Waals surface area contributed by atoms with Crippen LogP contribution in [0, 0.1) is 0 Å². The summed E-state index contributed by atoms with van der Waals surface area (Å²) >= 11 is 0. The average Bonchev–Trinajstić information content (AvgIpc) is 2.53. The number of anilines is 2. The maximum atomic E-state index is 12.4. The summed E-state index contributed by atoms with van der Waals surface area (Å²) in [7, 11) is 1.59. The molecule has 0 spiro atoms. The first-order valence-corrected chi connectivity index (χ1v) is 6.88. The Balaban J connectivity index is 2.16. The lowest BCUT2D eigenvalue weighted by Crippen LogP contribution is -2.15. The monoisotopic (exact) mass is 285 g/mol. The van der Waals surface area contributed by atoms with E-state index in [2.05, 4.69) is 22.5 Å². The van der Waals surface area contributed by atoms with Crippen LogP contribution in [0.5, 0.6) is 5.75 Å². The molecule has 21 heavy (non-hydrogen) atoms. The molecule has 0 unspecified atom stereocenters. The van der Waals surface area contributed by atoms with Crippen molar-refractivity contribution in [1.29, 1.82) is 0 Å². The second-order valence-corrected chi connectivity index (χ2v) is 4.53. The molecule has 1 heterocycles. The smallest absolute Gasteiger partial charge is 0.257 e. The average molecular weight is 285 g/mol. The molecule has 2 N–H and O–H groups in total. The molecule has 5 nitrogen and oxygen atoms in total. The summed E-state index contributed by atoms with van der Waals surface area (Å²) in [6.45, 7) is 2.87. The minimum absolute atomic E-state index is 0.177. The van der Waals surface area contributed by atoms with E-state index < -0.39 is 0 Å². The highest BCUT2D eigenvalue weighted by molar-refractivity contribution is 6.07. The third-order valence-corrected chi connectivity index (χ3v) is 2.96. The van der Waals surface area contributed by atoms with Crippen LogP contribution < -0.4 is 15.4 Å². The van der Waals surface area contributed by atoms with E-state index >= 15 is 0 Å². The number of aromatic nitrogens is 1. The van der Waals surface area contributed by atoms with E-state index in [0.717, 1.165) is 18.7 Å². The molecule has 2 aromatic rings. The molecule has 0 saturated heterocycles. The van der Waals surface area contributed by atoms with Gasteiger partial charge in [0, 0.05) is 24.5 Å². The van der Waals surface area contributed by atoms with Crippen molar-refractivity contribution >= 4 is 17.3 Å². The van der Waals surface area contributed by atoms with Gasteiger partial charge >= 0.3 is 0 Å². The molecular formula is C16H19N3O2. The van der Waals surface area contributed by atoms with E-state index in [-0.39, 0.29) is 5.91 Å². The number of carbonyl (C=O) groups excluding carboxylic acids is 1. The standard InChI is InChI=1S/C16H19N3O2/c1-3-8-18-15-11-17-9-7-14(15)16(20)19-12-5-4-6-13(10-12)21-2/h4-7,9-11,18H,3,8H2,1-2H3,(H,19,20). The number of methoxy groups -OCH3 is 1. The predicted octanol–water partition coefficient (Wildman–Crippen LogP) is 3.16. The second-order valence-electron chi connectivity index (χ2n) is 4.53. The van der Waals surface area contributed by atoms with E-state index in [1.54, 1.807) is 31.6 Å². The van der Waals surface area contributed by atoms with Gasteiger partial charge < -0.3 is 15.4 Å².